The molecule has 1 rings (SSSR count). The predicted octanol–water partition coefficient (Wildman–Crippen LogP) is 0.665. The lowest BCUT2D eigenvalue weighted by Gasteiger charge is -2.12. The standard InChI is InChI=1S/C7H12O2S/c1-2-3-9-7-5-10-4-6(7)8/h2,6-8H,1,3-5H2. The Bertz CT molecular complexity index is 116. The molecule has 0 amide bonds. The number of aliphatic hydroxyl groups excluding tert-OH is 1. The molecule has 0 radical (unpaired) electrons. The molecular formula is C7H12O2S. The third-order valence-electron chi connectivity index (χ3n) is 1.43. The third-order valence-corrected chi connectivity index (χ3v) is 2.57. The summed E-state index contributed by atoms with van der Waals surface area (Å²) >= 11 is 1.73. The zero-order valence-electron chi connectivity index (χ0n) is 5.82. The first-order valence-corrected chi connectivity index (χ1v) is 4.48. The summed E-state index contributed by atoms with van der Waals surface area (Å²) < 4.78 is 5.28. The first-order chi connectivity index (χ1) is 4.84. The Morgan fingerprint density at radius 3 is 3.00 bits per heavy atom. The molecule has 1 aliphatic heterocycles. The van der Waals surface area contributed by atoms with Crippen LogP contribution in [0.1, 0.15) is 0 Å². The van der Waals surface area contributed by atoms with Gasteiger partial charge in [0.25, 0.3) is 0 Å². The van der Waals surface area contributed by atoms with Gasteiger partial charge in [-0.3, -0.25) is 0 Å². The van der Waals surface area contributed by atoms with Crippen molar-refractivity contribution in [3.8, 4) is 0 Å². The van der Waals surface area contributed by atoms with Crippen LogP contribution in [0.2, 0.25) is 0 Å². The molecule has 0 spiro atoms. The highest BCUT2D eigenvalue weighted by molar-refractivity contribution is 7.99. The van der Waals surface area contributed by atoms with E-state index in [1.807, 2.05) is 0 Å². The molecule has 0 aromatic rings. The zero-order valence-corrected chi connectivity index (χ0v) is 6.64. The van der Waals surface area contributed by atoms with Gasteiger partial charge in [-0.25, -0.2) is 0 Å². The topological polar surface area (TPSA) is 29.5 Å². The van der Waals surface area contributed by atoms with Crippen LogP contribution in [0.5, 0.6) is 0 Å². The van der Waals surface area contributed by atoms with Crippen molar-refractivity contribution in [3.05, 3.63) is 12.7 Å². The second-order valence-corrected chi connectivity index (χ2v) is 3.34. The molecule has 0 bridgehead atoms. The maximum atomic E-state index is 9.24. The van der Waals surface area contributed by atoms with Crippen LogP contribution in [0.4, 0.5) is 0 Å². The van der Waals surface area contributed by atoms with E-state index < -0.39 is 0 Å². The molecule has 0 aromatic carbocycles. The van der Waals surface area contributed by atoms with Gasteiger partial charge in [0.15, 0.2) is 0 Å². The van der Waals surface area contributed by atoms with Gasteiger partial charge >= 0.3 is 0 Å². The summed E-state index contributed by atoms with van der Waals surface area (Å²) in [5.74, 6) is 1.72. The SMILES string of the molecule is C=CCOC1CSCC1O. The lowest BCUT2D eigenvalue weighted by molar-refractivity contribution is 0.00522. The van der Waals surface area contributed by atoms with Gasteiger partial charge in [-0.15, -0.1) is 6.58 Å². The second kappa shape index (κ2) is 4.01. The van der Waals surface area contributed by atoms with E-state index in [9.17, 15) is 5.11 Å². The fourth-order valence-electron chi connectivity index (χ4n) is 0.874. The van der Waals surface area contributed by atoms with E-state index in [1.54, 1.807) is 17.8 Å². The Hall–Kier alpha value is 0.01000. The fraction of sp³-hybridized carbons (Fsp3) is 0.714. The normalized spacial score (nSPS) is 32.5. The van der Waals surface area contributed by atoms with Crippen LogP contribution in [-0.4, -0.2) is 35.4 Å². The summed E-state index contributed by atoms with van der Waals surface area (Å²) in [4.78, 5) is 0. The van der Waals surface area contributed by atoms with Gasteiger partial charge in [-0.1, -0.05) is 6.08 Å². The van der Waals surface area contributed by atoms with Gasteiger partial charge in [0.05, 0.1) is 18.8 Å². The van der Waals surface area contributed by atoms with Crippen LogP contribution in [0.3, 0.4) is 0 Å². The van der Waals surface area contributed by atoms with Crippen LogP contribution >= 0.6 is 11.8 Å². The molecule has 0 saturated carbocycles. The summed E-state index contributed by atoms with van der Waals surface area (Å²) in [5, 5.41) is 9.24. The average Bonchev–Trinajstić information content (AvgIpc) is 2.31. The second-order valence-electron chi connectivity index (χ2n) is 2.27. The number of thioether (sulfide) groups is 1. The minimum Gasteiger partial charge on any atom is -0.390 e. The Balaban J connectivity index is 2.19. The van der Waals surface area contributed by atoms with Crippen molar-refractivity contribution in [1.29, 1.82) is 0 Å². The van der Waals surface area contributed by atoms with E-state index in [0.29, 0.717) is 6.61 Å². The van der Waals surface area contributed by atoms with Crippen LogP contribution in [0, 0.1) is 0 Å². The minimum absolute atomic E-state index is 0.0306. The maximum Gasteiger partial charge on any atom is 0.0936 e. The molecule has 1 N–H and O–H groups in total. The molecular weight excluding hydrogens is 148 g/mol. The van der Waals surface area contributed by atoms with Crippen molar-refractivity contribution in [2.45, 2.75) is 12.2 Å². The first kappa shape index (κ1) is 8.11. The van der Waals surface area contributed by atoms with Crippen molar-refractivity contribution in [3.63, 3.8) is 0 Å². The molecule has 1 aliphatic rings. The third kappa shape index (κ3) is 2.01. The highest BCUT2D eigenvalue weighted by Gasteiger charge is 2.25. The summed E-state index contributed by atoms with van der Waals surface area (Å²) in [7, 11) is 0. The number of ether oxygens (including phenoxy) is 1. The monoisotopic (exact) mass is 160 g/mol. The van der Waals surface area contributed by atoms with E-state index >= 15 is 0 Å². The molecule has 0 aromatic heterocycles. The molecule has 10 heavy (non-hydrogen) atoms. The molecule has 2 unspecified atom stereocenters. The molecule has 58 valence electrons. The smallest absolute Gasteiger partial charge is 0.0936 e. The maximum absolute atomic E-state index is 9.24. The van der Waals surface area contributed by atoms with E-state index in [-0.39, 0.29) is 12.2 Å². The van der Waals surface area contributed by atoms with E-state index in [0.717, 1.165) is 11.5 Å². The fourth-order valence-corrected chi connectivity index (χ4v) is 2.02. The number of aliphatic hydroxyl groups is 1. The van der Waals surface area contributed by atoms with Crippen LogP contribution in [0.25, 0.3) is 0 Å². The molecule has 0 aliphatic carbocycles. The largest absolute Gasteiger partial charge is 0.390 e. The van der Waals surface area contributed by atoms with Crippen molar-refractivity contribution in [1.82, 2.24) is 0 Å². The highest BCUT2D eigenvalue weighted by Crippen LogP contribution is 2.20. The lowest BCUT2D eigenvalue weighted by Crippen LogP contribution is -2.26. The van der Waals surface area contributed by atoms with Crippen molar-refractivity contribution in [2.75, 3.05) is 18.1 Å². The van der Waals surface area contributed by atoms with Crippen LogP contribution in [0.15, 0.2) is 12.7 Å². The van der Waals surface area contributed by atoms with Crippen LogP contribution in [-0.2, 0) is 4.74 Å². The Labute approximate surface area is 65.3 Å². The van der Waals surface area contributed by atoms with E-state index in [1.165, 1.54) is 0 Å². The summed E-state index contributed by atoms with van der Waals surface area (Å²) in [5.41, 5.74) is 0. The number of hydrogen-bond donors (Lipinski definition) is 1. The molecule has 1 saturated heterocycles. The van der Waals surface area contributed by atoms with Gasteiger partial charge < -0.3 is 9.84 Å². The highest BCUT2D eigenvalue weighted by atomic mass is 32.2. The van der Waals surface area contributed by atoms with Gasteiger partial charge in [0, 0.05) is 11.5 Å². The lowest BCUT2D eigenvalue weighted by atomic mass is 10.3. The van der Waals surface area contributed by atoms with Gasteiger partial charge in [0.1, 0.15) is 0 Å². The molecule has 2 atom stereocenters. The Morgan fingerprint density at radius 2 is 2.50 bits per heavy atom. The quantitative estimate of drug-likeness (QED) is 0.615. The molecule has 1 heterocycles. The van der Waals surface area contributed by atoms with Gasteiger partial charge in [-0.05, 0) is 0 Å². The first-order valence-electron chi connectivity index (χ1n) is 3.33. The number of hydrogen-bond acceptors (Lipinski definition) is 3. The summed E-state index contributed by atoms with van der Waals surface area (Å²) in [6.07, 6.45) is 1.46. The number of rotatable bonds is 3. The summed E-state index contributed by atoms with van der Waals surface area (Å²) in [6.45, 7) is 4.08. The molecule has 2 nitrogen and oxygen atoms in total. The molecule has 3 heteroatoms. The van der Waals surface area contributed by atoms with Crippen molar-refractivity contribution < 1.29 is 9.84 Å². The summed E-state index contributed by atoms with van der Waals surface area (Å²) in [6, 6.07) is 0. The van der Waals surface area contributed by atoms with Crippen molar-refractivity contribution >= 4 is 11.8 Å². The predicted molar refractivity (Wildman–Crippen MR) is 43.3 cm³/mol. The van der Waals surface area contributed by atoms with Gasteiger partial charge in [-0.2, -0.15) is 11.8 Å². The van der Waals surface area contributed by atoms with E-state index in [4.69, 9.17) is 4.74 Å². The zero-order chi connectivity index (χ0) is 7.40. The average molecular weight is 160 g/mol. The van der Waals surface area contributed by atoms with Crippen molar-refractivity contribution in [2.24, 2.45) is 0 Å². The molecule has 1 fully saturated rings. The minimum atomic E-state index is -0.273. The Morgan fingerprint density at radius 1 is 1.70 bits per heavy atom. The van der Waals surface area contributed by atoms with E-state index in [2.05, 4.69) is 6.58 Å². The Kier molecular flexibility index (Phi) is 3.25. The van der Waals surface area contributed by atoms with Gasteiger partial charge in [0.2, 0.25) is 0 Å². The van der Waals surface area contributed by atoms with Crippen LogP contribution < -0.4 is 0 Å².